The molecule has 4 rings (SSSR count). The van der Waals surface area contributed by atoms with E-state index in [0.717, 1.165) is 38.0 Å². The topological polar surface area (TPSA) is 80.4 Å². The molecule has 1 fully saturated rings. The van der Waals surface area contributed by atoms with Gasteiger partial charge in [0.2, 0.25) is 5.71 Å². The Bertz CT molecular complexity index is 1190. The molecule has 0 bridgehead atoms. The van der Waals surface area contributed by atoms with Gasteiger partial charge in [-0.2, -0.15) is 0 Å². The Hall–Kier alpha value is -3.00. The van der Waals surface area contributed by atoms with Gasteiger partial charge in [0.15, 0.2) is 0 Å². The quantitative estimate of drug-likeness (QED) is 0.588. The van der Waals surface area contributed by atoms with E-state index in [1.54, 1.807) is 19.1 Å². The van der Waals surface area contributed by atoms with Crippen LogP contribution in [0.15, 0.2) is 39.8 Å². The first kappa shape index (κ1) is 23.2. The summed E-state index contributed by atoms with van der Waals surface area (Å²) in [6.45, 7) is 9.33. The van der Waals surface area contributed by atoms with Gasteiger partial charge in [-0.15, -0.1) is 0 Å². The highest BCUT2D eigenvalue weighted by Crippen LogP contribution is 2.22. The van der Waals surface area contributed by atoms with Gasteiger partial charge in [-0.3, -0.25) is 19.1 Å². The van der Waals surface area contributed by atoms with Crippen LogP contribution in [0.5, 0.6) is 0 Å². The number of benzene rings is 1. The summed E-state index contributed by atoms with van der Waals surface area (Å²) >= 11 is 0. The smallest absolute Gasteiger partial charge is 0.265 e. The van der Waals surface area contributed by atoms with Gasteiger partial charge in [0, 0.05) is 19.6 Å². The molecule has 176 valence electrons. The van der Waals surface area contributed by atoms with Crippen molar-refractivity contribution in [2.24, 2.45) is 11.8 Å². The third kappa shape index (κ3) is 5.33. The second-order valence-corrected chi connectivity index (χ2v) is 9.37. The van der Waals surface area contributed by atoms with Gasteiger partial charge in [-0.25, -0.2) is 9.37 Å². The van der Waals surface area contributed by atoms with E-state index in [1.165, 1.54) is 17.0 Å². The summed E-state index contributed by atoms with van der Waals surface area (Å²) in [7, 11) is 0. The lowest BCUT2D eigenvalue weighted by molar-refractivity contribution is 0.0935. The molecule has 33 heavy (non-hydrogen) atoms. The van der Waals surface area contributed by atoms with Crippen LogP contribution in [0, 0.1) is 24.6 Å². The zero-order valence-electron chi connectivity index (χ0n) is 19.4. The number of piperidine rings is 1. The number of hydrogen-bond acceptors (Lipinski definition) is 5. The highest BCUT2D eigenvalue weighted by Gasteiger charge is 2.25. The lowest BCUT2D eigenvalue weighted by Gasteiger charge is -2.32. The summed E-state index contributed by atoms with van der Waals surface area (Å²) in [5.41, 5.74) is 1.21. The Morgan fingerprint density at radius 1 is 1.30 bits per heavy atom. The first-order chi connectivity index (χ1) is 15.8. The number of fused-ring (bicyclic) bond motifs is 1. The number of carbonyl (C=O) groups excluding carboxylic acids is 1. The van der Waals surface area contributed by atoms with Crippen LogP contribution in [0.4, 0.5) is 4.39 Å². The molecule has 1 N–H and O–H groups in total. The van der Waals surface area contributed by atoms with Crippen molar-refractivity contribution in [2.45, 2.75) is 46.7 Å². The molecular formula is C25H31FN4O3. The number of likely N-dealkylation sites (tertiary alicyclic amines) is 1. The second kappa shape index (κ2) is 9.87. The number of rotatable bonds is 7. The van der Waals surface area contributed by atoms with Crippen LogP contribution < -0.4 is 10.9 Å². The number of nitrogens with zero attached hydrogens (tertiary/aromatic N) is 3. The van der Waals surface area contributed by atoms with Crippen LogP contribution in [0.2, 0.25) is 0 Å². The predicted octanol–water partition coefficient (Wildman–Crippen LogP) is 3.74. The number of halogens is 1. The van der Waals surface area contributed by atoms with Gasteiger partial charge >= 0.3 is 0 Å². The van der Waals surface area contributed by atoms with Gasteiger partial charge < -0.3 is 9.73 Å². The molecule has 1 amide bonds. The van der Waals surface area contributed by atoms with Gasteiger partial charge in [0.25, 0.3) is 11.5 Å². The van der Waals surface area contributed by atoms with Crippen molar-refractivity contribution < 1.29 is 13.6 Å². The summed E-state index contributed by atoms with van der Waals surface area (Å²) in [6.07, 6.45) is 3.37. The number of carbonyl (C=O) groups is 1. The Morgan fingerprint density at radius 2 is 2.06 bits per heavy atom. The van der Waals surface area contributed by atoms with Gasteiger partial charge in [0.1, 0.15) is 23.3 Å². The van der Waals surface area contributed by atoms with E-state index in [9.17, 15) is 14.0 Å². The number of nitrogens with one attached hydrogen (secondary N) is 1. The summed E-state index contributed by atoms with van der Waals surface area (Å²) in [5.74, 6) is 0.526. The molecule has 2 aromatic heterocycles. The van der Waals surface area contributed by atoms with E-state index in [4.69, 9.17) is 4.42 Å². The Labute approximate surface area is 192 Å². The molecule has 0 unspecified atom stereocenters. The zero-order chi connectivity index (χ0) is 23.5. The van der Waals surface area contributed by atoms with Crippen LogP contribution in [0.3, 0.4) is 0 Å². The highest BCUT2D eigenvalue weighted by atomic mass is 19.1. The molecular weight excluding hydrogens is 423 g/mol. The van der Waals surface area contributed by atoms with Gasteiger partial charge in [-0.05, 0) is 62.4 Å². The average Bonchev–Trinajstić information content (AvgIpc) is 3.11. The number of aryl methyl sites for hydroxylation is 1. The maximum atomic E-state index is 13.4. The van der Waals surface area contributed by atoms with Crippen molar-refractivity contribution in [3.05, 3.63) is 63.7 Å². The Kier molecular flexibility index (Phi) is 6.93. The van der Waals surface area contributed by atoms with Crippen molar-refractivity contribution in [1.29, 1.82) is 0 Å². The summed E-state index contributed by atoms with van der Waals surface area (Å²) in [5, 5.41) is 3.25. The van der Waals surface area contributed by atoms with Crippen LogP contribution in [0.25, 0.3) is 11.1 Å². The van der Waals surface area contributed by atoms with Crippen LogP contribution in [-0.4, -0.2) is 40.0 Å². The first-order valence-corrected chi connectivity index (χ1v) is 11.6. The van der Waals surface area contributed by atoms with Crippen molar-refractivity contribution >= 4 is 17.0 Å². The molecule has 0 atom stereocenters. The molecule has 1 aliphatic rings. The number of aromatic nitrogens is 2. The summed E-state index contributed by atoms with van der Waals surface area (Å²) in [6, 6.07) is 6.71. The molecule has 0 aliphatic carbocycles. The maximum Gasteiger partial charge on any atom is 0.265 e. The highest BCUT2D eigenvalue weighted by molar-refractivity contribution is 6.06. The summed E-state index contributed by atoms with van der Waals surface area (Å²) in [4.78, 5) is 32.5. The minimum atomic E-state index is -0.297. The predicted molar refractivity (Wildman–Crippen MR) is 125 cm³/mol. The lowest BCUT2D eigenvalue weighted by Crippen LogP contribution is -2.38. The summed E-state index contributed by atoms with van der Waals surface area (Å²) < 4.78 is 20.6. The molecule has 3 heterocycles. The molecule has 1 aliphatic heterocycles. The van der Waals surface area contributed by atoms with Crippen molar-refractivity contribution in [1.82, 2.24) is 19.8 Å². The van der Waals surface area contributed by atoms with Crippen LogP contribution in [0.1, 0.15) is 48.4 Å². The van der Waals surface area contributed by atoms with Crippen LogP contribution >= 0.6 is 0 Å². The van der Waals surface area contributed by atoms with Crippen molar-refractivity contribution in [3.8, 4) is 0 Å². The molecule has 0 saturated carbocycles. The fourth-order valence-corrected chi connectivity index (χ4v) is 4.50. The largest absolute Gasteiger partial charge is 0.442 e. The first-order valence-electron chi connectivity index (χ1n) is 11.6. The minimum absolute atomic E-state index is 0.202. The van der Waals surface area contributed by atoms with E-state index in [0.29, 0.717) is 24.8 Å². The minimum Gasteiger partial charge on any atom is -0.442 e. The third-order valence-electron chi connectivity index (χ3n) is 6.20. The molecule has 0 spiro atoms. The molecule has 1 saturated heterocycles. The fourth-order valence-electron chi connectivity index (χ4n) is 4.50. The maximum absolute atomic E-state index is 13.4. The number of hydrogen-bond donors (Lipinski definition) is 1. The average molecular weight is 455 g/mol. The molecule has 7 nitrogen and oxygen atoms in total. The van der Waals surface area contributed by atoms with Crippen molar-refractivity contribution in [2.75, 3.05) is 19.6 Å². The zero-order valence-corrected chi connectivity index (χ0v) is 19.4. The Balaban J connectivity index is 1.37. The second-order valence-electron chi connectivity index (χ2n) is 9.37. The molecule has 3 aromatic rings. The monoisotopic (exact) mass is 454 g/mol. The van der Waals surface area contributed by atoms with E-state index >= 15 is 0 Å². The van der Waals surface area contributed by atoms with Gasteiger partial charge in [0.05, 0.1) is 5.56 Å². The molecule has 8 heteroatoms. The third-order valence-corrected chi connectivity index (χ3v) is 6.20. The van der Waals surface area contributed by atoms with Crippen molar-refractivity contribution in [3.63, 3.8) is 0 Å². The van der Waals surface area contributed by atoms with Crippen LogP contribution in [-0.2, 0) is 13.1 Å². The standard InChI is InChI=1S/C25H31FN4O3/c1-16(2)13-30-15-28-24-22(25(30)32)21(17(3)33-24)23(31)27-12-18-7-9-29(10-8-18)14-19-5-4-6-20(26)11-19/h4-6,11,15-16,18H,7-10,12-14H2,1-3H3,(H,27,31). The fraction of sp³-hybridized carbons (Fsp3) is 0.480. The Morgan fingerprint density at radius 3 is 2.76 bits per heavy atom. The van der Waals surface area contributed by atoms with Gasteiger partial charge in [-0.1, -0.05) is 26.0 Å². The normalized spacial score (nSPS) is 15.4. The van der Waals surface area contributed by atoms with E-state index in [-0.39, 0.29) is 39.9 Å². The number of furan rings is 1. The SMILES string of the molecule is Cc1oc2ncn(CC(C)C)c(=O)c2c1C(=O)NCC1CCN(Cc2cccc(F)c2)CC1. The molecule has 1 aromatic carbocycles. The van der Waals surface area contributed by atoms with E-state index < -0.39 is 0 Å². The van der Waals surface area contributed by atoms with E-state index in [1.807, 2.05) is 19.9 Å². The van der Waals surface area contributed by atoms with E-state index in [2.05, 4.69) is 15.2 Å². The molecule has 0 radical (unpaired) electrons. The number of amides is 1. The lowest BCUT2D eigenvalue weighted by atomic mass is 9.96.